The quantitative estimate of drug-likeness (QED) is 0.602. The van der Waals surface area contributed by atoms with Crippen LogP contribution in [-0.2, 0) is 17.8 Å². The minimum Gasteiger partial charge on any atom is -0.374 e. The molecule has 0 spiro atoms. The van der Waals surface area contributed by atoms with Crippen molar-refractivity contribution in [3.63, 3.8) is 0 Å². The van der Waals surface area contributed by atoms with Crippen LogP contribution in [0.2, 0.25) is 0 Å². The Morgan fingerprint density at radius 3 is 2.93 bits per heavy atom. The number of rotatable bonds is 5. The van der Waals surface area contributed by atoms with Gasteiger partial charge in [0.2, 0.25) is 0 Å². The van der Waals surface area contributed by atoms with Crippen molar-refractivity contribution in [2.24, 2.45) is 0 Å². The van der Waals surface area contributed by atoms with Crippen molar-refractivity contribution in [3.8, 4) is 0 Å². The predicted octanol–water partition coefficient (Wildman–Crippen LogP) is 2.63. The van der Waals surface area contributed by atoms with E-state index < -0.39 is 0 Å². The zero-order chi connectivity index (χ0) is 10.4. The number of ether oxygens (including phenoxy) is 1. The summed E-state index contributed by atoms with van der Waals surface area (Å²) in [6.07, 6.45) is 1.96. The van der Waals surface area contributed by atoms with E-state index in [-0.39, 0.29) is 0 Å². The van der Waals surface area contributed by atoms with E-state index in [0.717, 1.165) is 31.0 Å². The summed E-state index contributed by atoms with van der Waals surface area (Å²) < 4.78 is 6.02. The number of hydrogen-bond donors (Lipinski definition) is 1. The molecule has 1 N–H and O–H groups in total. The first-order valence-electron chi connectivity index (χ1n) is 4.93. The molecule has 0 unspecified atom stereocenters. The second kappa shape index (κ2) is 5.88. The van der Waals surface area contributed by atoms with Crippen molar-refractivity contribution >= 4 is 12.2 Å². The summed E-state index contributed by atoms with van der Waals surface area (Å²) in [5, 5.41) is 0. The molecular weight excluding hydrogens is 196 g/mol. The lowest BCUT2D eigenvalue weighted by atomic mass is 10.3. The Balaban J connectivity index is 2.67. The fourth-order valence-corrected chi connectivity index (χ4v) is 1.39. The Labute approximate surface area is 89.5 Å². The molecule has 1 heterocycles. The Morgan fingerprint density at radius 1 is 1.50 bits per heavy atom. The highest BCUT2D eigenvalue weighted by Gasteiger charge is 1.97. The molecule has 0 aromatic carbocycles. The minimum absolute atomic E-state index is 0.519. The van der Waals surface area contributed by atoms with Crippen molar-refractivity contribution in [1.82, 2.24) is 9.97 Å². The van der Waals surface area contributed by atoms with E-state index in [1.54, 1.807) is 0 Å². The molecular formula is C10H16N2OS. The SMILES string of the molecule is CCCOCc1nc(=S)cc(CC)[nH]1. The van der Waals surface area contributed by atoms with Gasteiger partial charge in [-0.15, -0.1) is 0 Å². The van der Waals surface area contributed by atoms with Crippen molar-refractivity contribution in [1.29, 1.82) is 0 Å². The van der Waals surface area contributed by atoms with E-state index >= 15 is 0 Å². The van der Waals surface area contributed by atoms with Gasteiger partial charge in [0.05, 0.1) is 0 Å². The summed E-state index contributed by atoms with van der Waals surface area (Å²) in [5.41, 5.74) is 1.11. The average molecular weight is 212 g/mol. The largest absolute Gasteiger partial charge is 0.374 e. The summed E-state index contributed by atoms with van der Waals surface area (Å²) in [4.78, 5) is 7.38. The molecule has 0 saturated heterocycles. The molecule has 0 amide bonds. The molecule has 0 bridgehead atoms. The molecule has 0 aliphatic heterocycles. The Morgan fingerprint density at radius 2 is 2.29 bits per heavy atom. The van der Waals surface area contributed by atoms with Crippen LogP contribution in [0, 0.1) is 4.64 Å². The van der Waals surface area contributed by atoms with Gasteiger partial charge >= 0.3 is 0 Å². The lowest BCUT2D eigenvalue weighted by Crippen LogP contribution is -2.02. The number of aromatic nitrogens is 2. The van der Waals surface area contributed by atoms with Gasteiger partial charge in [0, 0.05) is 12.3 Å². The summed E-state index contributed by atoms with van der Waals surface area (Å²) in [6, 6.07) is 1.89. The second-order valence-corrected chi connectivity index (χ2v) is 3.52. The molecule has 4 heteroatoms. The molecule has 1 aromatic rings. The highest BCUT2D eigenvalue weighted by molar-refractivity contribution is 7.71. The van der Waals surface area contributed by atoms with Crippen LogP contribution in [0.15, 0.2) is 6.07 Å². The van der Waals surface area contributed by atoms with E-state index in [1.165, 1.54) is 0 Å². The number of aromatic amines is 1. The third-order valence-electron chi connectivity index (χ3n) is 1.82. The lowest BCUT2D eigenvalue weighted by molar-refractivity contribution is 0.116. The Kier molecular flexibility index (Phi) is 4.76. The third kappa shape index (κ3) is 3.55. The summed E-state index contributed by atoms with van der Waals surface area (Å²) in [6.45, 7) is 5.44. The summed E-state index contributed by atoms with van der Waals surface area (Å²) >= 11 is 5.05. The average Bonchev–Trinajstić information content (AvgIpc) is 2.17. The van der Waals surface area contributed by atoms with Crippen LogP contribution in [-0.4, -0.2) is 16.6 Å². The molecule has 78 valence electrons. The van der Waals surface area contributed by atoms with E-state index in [0.29, 0.717) is 11.2 Å². The van der Waals surface area contributed by atoms with E-state index in [2.05, 4.69) is 23.8 Å². The van der Waals surface area contributed by atoms with Crippen molar-refractivity contribution < 1.29 is 4.74 Å². The monoisotopic (exact) mass is 212 g/mol. The van der Waals surface area contributed by atoms with Crippen LogP contribution >= 0.6 is 12.2 Å². The number of hydrogen-bond acceptors (Lipinski definition) is 3. The number of H-pyrrole nitrogens is 1. The van der Waals surface area contributed by atoms with Crippen molar-refractivity contribution in [2.45, 2.75) is 33.3 Å². The van der Waals surface area contributed by atoms with E-state index in [1.807, 2.05) is 6.07 Å². The minimum atomic E-state index is 0.519. The smallest absolute Gasteiger partial charge is 0.134 e. The fraction of sp³-hybridized carbons (Fsp3) is 0.600. The molecule has 0 atom stereocenters. The first-order valence-corrected chi connectivity index (χ1v) is 5.34. The van der Waals surface area contributed by atoms with E-state index in [4.69, 9.17) is 17.0 Å². The first kappa shape index (κ1) is 11.3. The second-order valence-electron chi connectivity index (χ2n) is 3.10. The van der Waals surface area contributed by atoms with Gasteiger partial charge in [0.15, 0.2) is 0 Å². The molecule has 3 nitrogen and oxygen atoms in total. The van der Waals surface area contributed by atoms with Gasteiger partial charge in [-0.2, -0.15) is 0 Å². The molecule has 0 saturated carbocycles. The van der Waals surface area contributed by atoms with Crippen LogP contribution in [0.3, 0.4) is 0 Å². The van der Waals surface area contributed by atoms with Gasteiger partial charge in [-0.05, 0) is 18.9 Å². The molecule has 1 rings (SSSR count). The number of nitrogens with zero attached hydrogens (tertiary/aromatic N) is 1. The molecule has 0 fully saturated rings. The van der Waals surface area contributed by atoms with Crippen LogP contribution in [0.25, 0.3) is 0 Å². The highest BCUT2D eigenvalue weighted by Crippen LogP contribution is 2.00. The highest BCUT2D eigenvalue weighted by atomic mass is 32.1. The maximum absolute atomic E-state index is 5.38. The molecule has 0 aliphatic carbocycles. The normalized spacial score (nSPS) is 10.4. The number of nitrogens with one attached hydrogen (secondary N) is 1. The van der Waals surface area contributed by atoms with Crippen molar-refractivity contribution in [3.05, 3.63) is 22.2 Å². The van der Waals surface area contributed by atoms with Gasteiger partial charge in [0.1, 0.15) is 17.1 Å². The third-order valence-corrected chi connectivity index (χ3v) is 2.02. The first-order chi connectivity index (χ1) is 6.76. The zero-order valence-corrected chi connectivity index (χ0v) is 9.49. The Bertz CT molecular complexity index is 335. The number of aryl methyl sites for hydroxylation is 1. The van der Waals surface area contributed by atoms with Crippen LogP contribution in [0.5, 0.6) is 0 Å². The van der Waals surface area contributed by atoms with Crippen LogP contribution in [0.4, 0.5) is 0 Å². The molecule has 0 radical (unpaired) electrons. The molecule has 14 heavy (non-hydrogen) atoms. The van der Waals surface area contributed by atoms with Crippen LogP contribution in [0.1, 0.15) is 31.8 Å². The van der Waals surface area contributed by atoms with Gasteiger partial charge in [-0.1, -0.05) is 26.1 Å². The molecule has 1 aromatic heterocycles. The summed E-state index contributed by atoms with van der Waals surface area (Å²) in [5.74, 6) is 0.822. The van der Waals surface area contributed by atoms with E-state index in [9.17, 15) is 0 Å². The van der Waals surface area contributed by atoms with Crippen LogP contribution < -0.4 is 0 Å². The van der Waals surface area contributed by atoms with Gasteiger partial charge in [-0.3, -0.25) is 0 Å². The van der Waals surface area contributed by atoms with Gasteiger partial charge in [0.25, 0.3) is 0 Å². The summed E-state index contributed by atoms with van der Waals surface area (Å²) in [7, 11) is 0. The van der Waals surface area contributed by atoms with Gasteiger partial charge in [-0.25, -0.2) is 4.98 Å². The topological polar surface area (TPSA) is 37.9 Å². The maximum atomic E-state index is 5.38. The lowest BCUT2D eigenvalue weighted by Gasteiger charge is -2.04. The van der Waals surface area contributed by atoms with Crippen molar-refractivity contribution in [2.75, 3.05) is 6.61 Å². The standard InChI is InChI=1S/C10H16N2OS/c1-3-5-13-7-9-11-8(4-2)6-10(14)12-9/h6H,3-5,7H2,1-2H3,(H,11,12,14). The molecule has 0 aliphatic rings. The predicted molar refractivity (Wildman–Crippen MR) is 58.7 cm³/mol. The Hall–Kier alpha value is -0.740. The fourth-order valence-electron chi connectivity index (χ4n) is 1.14. The zero-order valence-electron chi connectivity index (χ0n) is 8.67. The van der Waals surface area contributed by atoms with Gasteiger partial charge < -0.3 is 9.72 Å². The maximum Gasteiger partial charge on any atom is 0.134 e.